The number of carbonyl (C=O) groups is 1. The summed E-state index contributed by atoms with van der Waals surface area (Å²) in [6.07, 6.45) is 1.02. The van der Waals surface area contributed by atoms with E-state index in [4.69, 9.17) is 5.73 Å². The van der Waals surface area contributed by atoms with Crippen molar-refractivity contribution in [1.29, 1.82) is 0 Å². The zero-order chi connectivity index (χ0) is 12.8. The molecule has 3 nitrogen and oxygen atoms in total. The SMILES string of the molecule is CC(CNC(=O)C(C)C(C)N)Cc1cccs1.Cl. The highest BCUT2D eigenvalue weighted by molar-refractivity contribution is 7.09. The van der Waals surface area contributed by atoms with E-state index in [-0.39, 0.29) is 30.3 Å². The second-order valence-electron chi connectivity index (χ2n) is 4.78. The van der Waals surface area contributed by atoms with Crippen LogP contribution in [0.3, 0.4) is 0 Å². The van der Waals surface area contributed by atoms with Gasteiger partial charge in [-0.3, -0.25) is 4.79 Å². The lowest BCUT2D eigenvalue weighted by molar-refractivity contribution is -0.125. The number of carbonyl (C=O) groups excluding carboxylic acids is 1. The average Bonchev–Trinajstić information content (AvgIpc) is 2.77. The number of nitrogens with two attached hydrogens (primary N) is 1. The van der Waals surface area contributed by atoms with Crippen LogP contribution in [0.2, 0.25) is 0 Å². The summed E-state index contributed by atoms with van der Waals surface area (Å²) in [4.78, 5) is 13.1. The Bertz CT molecular complexity index is 341. The van der Waals surface area contributed by atoms with E-state index < -0.39 is 0 Å². The molecule has 104 valence electrons. The summed E-state index contributed by atoms with van der Waals surface area (Å²) >= 11 is 1.76. The smallest absolute Gasteiger partial charge is 0.224 e. The van der Waals surface area contributed by atoms with E-state index in [1.165, 1.54) is 4.88 Å². The van der Waals surface area contributed by atoms with Gasteiger partial charge in [-0.2, -0.15) is 0 Å². The summed E-state index contributed by atoms with van der Waals surface area (Å²) < 4.78 is 0. The molecule has 1 heterocycles. The minimum atomic E-state index is -0.121. The fourth-order valence-electron chi connectivity index (χ4n) is 1.52. The Hall–Kier alpha value is -0.580. The maximum absolute atomic E-state index is 11.7. The lowest BCUT2D eigenvalue weighted by atomic mass is 10.0. The first-order valence-corrected chi connectivity index (χ1v) is 6.94. The van der Waals surface area contributed by atoms with Crippen molar-refractivity contribution in [1.82, 2.24) is 5.32 Å². The highest BCUT2D eigenvalue weighted by atomic mass is 35.5. The van der Waals surface area contributed by atoms with E-state index in [2.05, 4.69) is 29.8 Å². The zero-order valence-electron chi connectivity index (χ0n) is 11.2. The fourth-order valence-corrected chi connectivity index (χ4v) is 2.39. The number of hydrogen-bond donors (Lipinski definition) is 2. The van der Waals surface area contributed by atoms with Gasteiger partial charge >= 0.3 is 0 Å². The van der Waals surface area contributed by atoms with Gasteiger partial charge in [-0.05, 0) is 30.7 Å². The third-order valence-corrected chi connectivity index (χ3v) is 3.86. The molecule has 0 bridgehead atoms. The van der Waals surface area contributed by atoms with Crippen LogP contribution in [0.25, 0.3) is 0 Å². The second kappa shape index (κ2) is 8.51. The lowest BCUT2D eigenvalue weighted by Gasteiger charge is -2.17. The maximum Gasteiger partial charge on any atom is 0.224 e. The van der Waals surface area contributed by atoms with Crippen molar-refractivity contribution in [3.05, 3.63) is 22.4 Å². The largest absolute Gasteiger partial charge is 0.356 e. The van der Waals surface area contributed by atoms with Crippen molar-refractivity contribution in [2.75, 3.05) is 6.54 Å². The first-order valence-electron chi connectivity index (χ1n) is 6.06. The van der Waals surface area contributed by atoms with Crippen LogP contribution in [0.5, 0.6) is 0 Å². The number of rotatable bonds is 6. The van der Waals surface area contributed by atoms with E-state index in [9.17, 15) is 4.79 Å². The summed E-state index contributed by atoms with van der Waals surface area (Å²) in [6.45, 7) is 6.59. The van der Waals surface area contributed by atoms with E-state index >= 15 is 0 Å². The maximum atomic E-state index is 11.7. The number of amides is 1. The van der Waals surface area contributed by atoms with Crippen molar-refractivity contribution in [3.63, 3.8) is 0 Å². The van der Waals surface area contributed by atoms with Crippen molar-refractivity contribution < 1.29 is 4.79 Å². The molecule has 3 N–H and O–H groups in total. The van der Waals surface area contributed by atoms with Gasteiger partial charge < -0.3 is 11.1 Å². The molecule has 1 rings (SSSR count). The summed E-state index contributed by atoms with van der Waals surface area (Å²) in [5, 5.41) is 5.04. The minimum Gasteiger partial charge on any atom is -0.356 e. The number of halogens is 1. The van der Waals surface area contributed by atoms with Crippen molar-refractivity contribution >= 4 is 29.7 Å². The topological polar surface area (TPSA) is 55.1 Å². The molecule has 0 aromatic carbocycles. The standard InChI is InChI=1S/C13H22N2OS.ClH/c1-9(7-12-5-4-6-17-12)8-15-13(16)10(2)11(3)14;/h4-6,9-11H,7-8,14H2,1-3H3,(H,15,16);1H. The van der Waals surface area contributed by atoms with Crippen LogP contribution in [-0.4, -0.2) is 18.5 Å². The molecule has 0 saturated heterocycles. The molecular formula is C13H23ClN2OS. The van der Waals surface area contributed by atoms with Gasteiger partial charge in [-0.1, -0.05) is 19.9 Å². The summed E-state index contributed by atoms with van der Waals surface area (Å²) in [6, 6.07) is 4.10. The molecule has 0 fully saturated rings. The quantitative estimate of drug-likeness (QED) is 0.845. The molecular weight excluding hydrogens is 268 g/mol. The Kier molecular flexibility index (Phi) is 8.24. The summed E-state index contributed by atoms with van der Waals surface area (Å²) in [7, 11) is 0. The summed E-state index contributed by atoms with van der Waals surface area (Å²) in [5.41, 5.74) is 5.69. The molecule has 1 aromatic heterocycles. The van der Waals surface area contributed by atoms with Gasteiger partial charge in [0.05, 0.1) is 0 Å². The minimum absolute atomic E-state index is 0. The Morgan fingerprint density at radius 2 is 2.11 bits per heavy atom. The Labute approximate surface area is 120 Å². The van der Waals surface area contributed by atoms with Crippen LogP contribution >= 0.6 is 23.7 Å². The Balaban J connectivity index is 0.00000289. The van der Waals surface area contributed by atoms with Crippen LogP contribution in [0.4, 0.5) is 0 Å². The average molecular weight is 291 g/mol. The van der Waals surface area contributed by atoms with Crippen molar-refractivity contribution in [2.45, 2.75) is 33.2 Å². The monoisotopic (exact) mass is 290 g/mol. The van der Waals surface area contributed by atoms with E-state index in [1.807, 2.05) is 13.8 Å². The molecule has 18 heavy (non-hydrogen) atoms. The Morgan fingerprint density at radius 3 is 2.61 bits per heavy atom. The first-order chi connectivity index (χ1) is 8.00. The van der Waals surface area contributed by atoms with Gasteiger partial charge in [-0.25, -0.2) is 0 Å². The zero-order valence-corrected chi connectivity index (χ0v) is 12.8. The van der Waals surface area contributed by atoms with Crippen LogP contribution in [0.1, 0.15) is 25.6 Å². The molecule has 1 aromatic rings. The molecule has 1 amide bonds. The van der Waals surface area contributed by atoms with Gasteiger partial charge in [0.1, 0.15) is 0 Å². The molecule has 0 saturated carbocycles. The molecule has 0 aliphatic carbocycles. The molecule has 3 atom stereocenters. The molecule has 0 aliphatic heterocycles. The Morgan fingerprint density at radius 1 is 1.44 bits per heavy atom. The predicted octanol–water partition coefficient (Wildman–Crippen LogP) is 2.45. The van der Waals surface area contributed by atoms with Gasteiger partial charge in [0.2, 0.25) is 5.91 Å². The van der Waals surface area contributed by atoms with Crippen LogP contribution in [0.15, 0.2) is 17.5 Å². The van der Waals surface area contributed by atoms with Crippen LogP contribution < -0.4 is 11.1 Å². The molecule has 5 heteroatoms. The third kappa shape index (κ3) is 5.85. The normalized spacial score (nSPS) is 15.3. The highest BCUT2D eigenvalue weighted by Crippen LogP contribution is 2.13. The van der Waals surface area contributed by atoms with Gasteiger partial charge in [-0.15, -0.1) is 23.7 Å². The lowest BCUT2D eigenvalue weighted by Crippen LogP contribution is -2.40. The predicted molar refractivity (Wildman–Crippen MR) is 80.3 cm³/mol. The van der Waals surface area contributed by atoms with Crippen LogP contribution in [-0.2, 0) is 11.2 Å². The van der Waals surface area contributed by atoms with Crippen molar-refractivity contribution in [2.24, 2.45) is 17.6 Å². The van der Waals surface area contributed by atoms with Crippen LogP contribution in [0, 0.1) is 11.8 Å². The first kappa shape index (κ1) is 17.4. The number of nitrogens with one attached hydrogen (secondary N) is 1. The van der Waals surface area contributed by atoms with Gasteiger partial charge in [0.15, 0.2) is 0 Å². The molecule has 0 aliphatic rings. The third-order valence-electron chi connectivity index (χ3n) is 2.96. The van der Waals surface area contributed by atoms with Gasteiger partial charge in [0, 0.05) is 23.4 Å². The van der Waals surface area contributed by atoms with Gasteiger partial charge in [0.25, 0.3) is 0 Å². The molecule has 0 radical (unpaired) electrons. The van der Waals surface area contributed by atoms with E-state index in [1.54, 1.807) is 11.3 Å². The van der Waals surface area contributed by atoms with Crippen molar-refractivity contribution in [3.8, 4) is 0 Å². The van der Waals surface area contributed by atoms with E-state index in [0.717, 1.165) is 6.42 Å². The highest BCUT2D eigenvalue weighted by Gasteiger charge is 2.17. The fraction of sp³-hybridized carbons (Fsp3) is 0.615. The molecule has 0 spiro atoms. The second-order valence-corrected chi connectivity index (χ2v) is 5.81. The number of hydrogen-bond acceptors (Lipinski definition) is 3. The van der Waals surface area contributed by atoms with E-state index in [0.29, 0.717) is 12.5 Å². The number of thiophene rings is 1. The molecule has 3 unspecified atom stereocenters. The summed E-state index contributed by atoms with van der Waals surface area (Å²) in [5.74, 6) is 0.389.